The van der Waals surface area contributed by atoms with Gasteiger partial charge in [-0.25, -0.2) is 4.79 Å². The normalized spacial score (nSPS) is 10.3. The molecule has 0 bridgehead atoms. The SMILES string of the molecule is COc1cccc(C(=CCSc2ccc(OCC(=O)O)cc2Br)c2cccc(OC)c2)c1. The highest BCUT2D eigenvalue weighted by atomic mass is 79.9. The molecule has 0 unspecified atom stereocenters. The highest BCUT2D eigenvalue weighted by Gasteiger charge is 2.09. The van der Waals surface area contributed by atoms with E-state index in [0.29, 0.717) is 5.75 Å². The van der Waals surface area contributed by atoms with Crippen LogP contribution in [0.15, 0.2) is 82.2 Å². The van der Waals surface area contributed by atoms with Gasteiger partial charge >= 0.3 is 5.97 Å². The van der Waals surface area contributed by atoms with Crippen molar-refractivity contribution in [3.63, 3.8) is 0 Å². The standard InChI is InChI=1S/C25H23BrO5S/c1-29-19-7-3-5-17(13-19)22(18-6-4-8-20(14-18)30-2)11-12-32-24-10-9-21(15-23(24)26)31-16-25(27)28/h3-11,13-15H,12,16H2,1-2H3,(H,27,28). The van der Waals surface area contributed by atoms with Crippen LogP contribution >= 0.6 is 27.7 Å². The maximum Gasteiger partial charge on any atom is 0.341 e. The molecule has 0 aliphatic rings. The first-order chi connectivity index (χ1) is 15.5. The minimum absolute atomic E-state index is 0.369. The average molecular weight is 515 g/mol. The maximum atomic E-state index is 10.7. The summed E-state index contributed by atoms with van der Waals surface area (Å²) in [5.74, 6) is 1.81. The Morgan fingerprint density at radius 3 is 2.09 bits per heavy atom. The van der Waals surface area contributed by atoms with Crippen LogP contribution < -0.4 is 14.2 Å². The van der Waals surface area contributed by atoms with Gasteiger partial charge in [0.05, 0.1) is 14.2 Å². The number of methoxy groups -OCH3 is 2. The molecular formula is C25H23BrO5S. The van der Waals surface area contributed by atoms with Crippen LogP contribution in [-0.2, 0) is 4.79 Å². The number of carboxylic acids is 1. The van der Waals surface area contributed by atoms with E-state index < -0.39 is 5.97 Å². The minimum atomic E-state index is -1.01. The molecule has 0 aliphatic carbocycles. The highest BCUT2D eigenvalue weighted by molar-refractivity contribution is 9.10. The van der Waals surface area contributed by atoms with E-state index in [1.807, 2.05) is 42.5 Å². The lowest BCUT2D eigenvalue weighted by molar-refractivity contribution is -0.139. The number of rotatable bonds is 10. The molecule has 166 valence electrons. The zero-order valence-electron chi connectivity index (χ0n) is 17.7. The van der Waals surface area contributed by atoms with Gasteiger partial charge in [0.15, 0.2) is 6.61 Å². The molecule has 32 heavy (non-hydrogen) atoms. The quantitative estimate of drug-likeness (QED) is 0.327. The molecule has 7 heteroatoms. The molecular weight excluding hydrogens is 492 g/mol. The molecule has 0 saturated carbocycles. The van der Waals surface area contributed by atoms with Gasteiger partial charge in [0.25, 0.3) is 0 Å². The number of benzene rings is 3. The second-order valence-electron chi connectivity index (χ2n) is 6.67. The molecule has 0 radical (unpaired) electrons. The third-order valence-corrected chi connectivity index (χ3v) is 6.47. The van der Waals surface area contributed by atoms with E-state index in [-0.39, 0.29) is 6.61 Å². The summed E-state index contributed by atoms with van der Waals surface area (Å²) in [6, 6.07) is 21.4. The fourth-order valence-electron chi connectivity index (χ4n) is 3.03. The van der Waals surface area contributed by atoms with Crippen molar-refractivity contribution < 1.29 is 24.1 Å². The van der Waals surface area contributed by atoms with Crippen LogP contribution in [0, 0.1) is 0 Å². The Bertz CT molecular complexity index is 1060. The van der Waals surface area contributed by atoms with E-state index in [2.05, 4.69) is 34.1 Å². The summed E-state index contributed by atoms with van der Waals surface area (Å²) < 4.78 is 16.9. The van der Waals surface area contributed by atoms with Gasteiger partial charge in [-0.05, 0) is 75.1 Å². The van der Waals surface area contributed by atoms with E-state index >= 15 is 0 Å². The first kappa shape index (κ1) is 23.8. The molecule has 5 nitrogen and oxygen atoms in total. The molecule has 0 heterocycles. The predicted octanol–water partition coefficient (Wildman–Crippen LogP) is 6.15. The molecule has 0 aromatic heterocycles. The number of carboxylic acid groups (broad SMARTS) is 1. The second-order valence-corrected chi connectivity index (χ2v) is 8.58. The lowest BCUT2D eigenvalue weighted by Crippen LogP contribution is -2.09. The first-order valence-electron chi connectivity index (χ1n) is 9.76. The van der Waals surface area contributed by atoms with Gasteiger partial charge in [-0.15, -0.1) is 11.8 Å². The van der Waals surface area contributed by atoms with Crippen molar-refractivity contribution >= 4 is 39.2 Å². The molecule has 0 amide bonds. The molecule has 3 aromatic carbocycles. The summed E-state index contributed by atoms with van der Waals surface area (Å²) >= 11 is 5.21. The van der Waals surface area contributed by atoms with Gasteiger partial charge < -0.3 is 19.3 Å². The van der Waals surface area contributed by atoms with Gasteiger partial charge in [-0.1, -0.05) is 30.3 Å². The number of thioether (sulfide) groups is 1. The lowest BCUT2D eigenvalue weighted by Gasteiger charge is -2.12. The summed E-state index contributed by atoms with van der Waals surface area (Å²) in [6.45, 7) is -0.369. The first-order valence-corrected chi connectivity index (χ1v) is 11.5. The molecule has 3 rings (SSSR count). The van der Waals surface area contributed by atoms with Crippen LogP contribution in [0.1, 0.15) is 11.1 Å². The Morgan fingerprint density at radius 1 is 0.938 bits per heavy atom. The Hall–Kier alpha value is -2.90. The fourth-order valence-corrected chi connectivity index (χ4v) is 4.52. The predicted molar refractivity (Wildman–Crippen MR) is 131 cm³/mol. The van der Waals surface area contributed by atoms with E-state index in [1.165, 1.54) is 0 Å². The summed E-state index contributed by atoms with van der Waals surface area (Å²) in [5.41, 5.74) is 3.18. The van der Waals surface area contributed by atoms with Gasteiger partial charge in [0, 0.05) is 15.1 Å². The maximum absolute atomic E-state index is 10.7. The van der Waals surface area contributed by atoms with Gasteiger partial charge in [0.2, 0.25) is 0 Å². The Morgan fingerprint density at radius 2 is 1.56 bits per heavy atom. The third kappa shape index (κ3) is 6.55. The second kappa shape index (κ2) is 11.6. The van der Waals surface area contributed by atoms with Gasteiger partial charge in [-0.3, -0.25) is 0 Å². The number of carbonyl (C=O) groups is 1. The van der Waals surface area contributed by atoms with Crippen molar-refractivity contribution in [2.75, 3.05) is 26.6 Å². The van der Waals surface area contributed by atoms with E-state index in [0.717, 1.165) is 43.3 Å². The highest BCUT2D eigenvalue weighted by Crippen LogP contribution is 2.33. The lowest BCUT2D eigenvalue weighted by atomic mass is 9.97. The van der Waals surface area contributed by atoms with E-state index in [1.54, 1.807) is 38.1 Å². The van der Waals surface area contributed by atoms with Crippen molar-refractivity contribution in [3.05, 3.63) is 88.4 Å². The van der Waals surface area contributed by atoms with Crippen LogP contribution in [0.25, 0.3) is 5.57 Å². The van der Waals surface area contributed by atoms with Crippen molar-refractivity contribution in [2.24, 2.45) is 0 Å². The topological polar surface area (TPSA) is 65.0 Å². The Labute approximate surface area is 200 Å². The average Bonchev–Trinajstić information content (AvgIpc) is 2.81. The molecule has 0 spiro atoms. The zero-order valence-corrected chi connectivity index (χ0v) is 20.1. The van der Waals surface area contributed by atoms with Crippen LogP contribution in [0.3, 0.4) is 0 Å². The Balaban J connectivity index is 1.84. The number of hydrogen-bond donors (Lipinski definition) is 1. The number of hydrogen-bond acceptors (Lipinski definition) is 5. The number of halogens is 1. The van der Waals surface area contributed by atoms with Crippen molar-refractivity contribution in [1.82, 2.24) is 0 Å². The molecule has 0 fully saturated rings. The largest absolute Gasteiger partial charge is 0.497 e. The minimum Gasteiger partial charge on any atom is -0.497 e. The number of ether oxygens (including phenoxy) is 3. The number of aliphatic carboxylic acids is 1. The fraction of sp³-hybridized carbons (Fsp3) is 0.160. The zero-order chi connectivity index (χ0) is 22.9. The summed E-state index contributed by atoms with van der Waals surface area (Å²) in [4.78, 5) is 11.7. The smallest absolute Gasteiger partial charge is 0.341 e. The van der Waals surface area contributed by atoms with Crippen LogP contribution in [0.5, 0.6) is 17.2 Å². The van der Waals surface area contributed by atoms with Crippen molar-refractivity contribution in [3.8, 4) is 17.2 Å². The van der Waals surface area contributed by atoms with Gasteiger partial charge in [0.1, 0.15) is 17.2 Å². The molecule has 0 saturated heterocycles. The molecule has 1 N–H and O–H groups in total. The Kier molecular flexibility index (Phi) is 8.64. The molecule has 0 atom stereocenters. The summed E-state index contributed by atoms with van der Waals surface area (Å²) in [7, 11) is 3.32. The molecule has 3 aromatic rings. The van der Waals surface area contributed by atoms with Crippen LogP contribution in [0.4, 0.5) is 0 Å². The van der Waals surface area contributed by atoms with Crippen LogP contribution in [-0.4, -0.2) is 37.7 Å². The van der Waals surface area contributed by atoms with Crippen molar-refractivity contribution in [1.29, 1.82) is 0 Å². The summed E-state index contributed by atoms with van der Waals surface area (Å²) in [5, 5.41) is 8.76. The monoisotopic (exact) mass is 514 g/mol. The van der Waals surface area contributed by atoms with Crippen molar-refractivity contribution in [2.45, 2.75) is 4.90 Å². The van der Waals surface area contributed by atoms with Gasteiger partial charge in [-0.2, -0.15) is 0 Å². The van der Waals surface area contributed by atoms with Crippen LogP contribution in [0.2, 0.25) is 0 Å². The van der Waals surface area contributed by atoms with E-state index in [4.69, 9.17) is 19.3 Å². The van der Waals surface area contributed by atoms with E-state index in [9.17, 15) is 4.79 Å². The molecule has 0 aliphatic heterocycles. The third-order valence-electron chi connectivity index (χ3n) is 4.55. The summed E-state index contributed by atoms with van der Waals surface area (Å²) in [6.07, 6.45) is 2.18.